The lowest BCUT2D eigenvalue weighted by atomic mass is 9.64. The Bertz CT molecular complexity index is 1290. The highest BCUT2D eigenvalue weighted by atomic mass is 35.5. The van der Waals surface area contributed by atoms with Crippen molar-refractivity contribution in [3.8, 4) is 0 Å². The lowest BCUT2D eigenvalue weighted by molar-refractivity contribution is -0.157. The van der Waals surface area contributed by atoms with Crippen molar-refractivity contribution in [2.45, 2.75) is 90.4 Å². The lowest BCUT2D eigenvalue weighted by Crippen LogP contribution is -2.51. The van der Waals surface area contributed by atoms with Gasteiger partial charge in [0.05, 0.1) is 45.4 Å². The molecule has 224 valence electrons. The summed E-state index contributed by atoms with van der Waals surface area (Å²) >= 11 is 12.4. The van der Waals surface area contributed by atoms with E-state index in [1.165, 1.54) is 12.1 Å². The molecule has 0 saturated heterocycles. The number of alkyl halides is 3. The number of carbonyl (C=O) groups is 3. The maximum Gasteiger partial charge on any atom is 0.433 e. The summed E-state index contributed by atoms with van der Waals surface area (Å²) in [5, 5.41) is 7.07. The molecule has 1 amide bonds. The second-order valence-corrected chi connectivity index (χ2v) is 12.4. The van der Waals surface area contributed by atoms with Crippen LogP contribution in [0.5, 0.6) is 0 Å². The van der Waals surface area contributed by atoms with Gasteiger partial charge in [-0.2, -0.15) is 18.3 Å². The molecule has 0 radical (unpaired) electrons. The Morgan fingerprint density at radius 1 is 1.12 bits per heavy atom. The number of hydrogen-bond acceptors (Lipinski definition) is 5. The van der Waals surface area contributed by atoms with Gasteiger partial charge in [-0.15, -0.1) is 0 Å². The predicted molar refractivity (Wildman–Crippen MR) is 148 cm³/mol. The van der Waals surface area contributed by atoms with Crippen LogP contribution in [0.4, 0.5) is 13.2 Å². The summed E-state index contributed by atoms with van der Waals surface area (Å²) < 4.78 is 49.2. The highest BCUT2D eigenvalue weighted by molar-refractivity contribution is 6.39. The number of aromatic nitrogens is 2. The Kier molecular flexibility index (Phi) is 9.14. The third-order valence-corrected chi connectivity index (χ3v) is 9.38. The van der Waals surface area contributed by atoms with Gasteiger partial charge >= 0.3 is 12.1 Å². The van der Waals surface area contributed by atoms with E-state index in [4.69, 9.17) is 27.9 Å². The van der Waals surface area contributed by atoms with Crippen molar-refractivity contribution in [2.24, 2.45) is 10.8 Å². The van der Waals surface area contributed by atoms with Crippen molar-refractivity contribution < 1.29 is 32.3 Å². The molecule has 7 nitrogen and oxygen atoms in total. The van der Waals surface area contributed by atoms with Gasteiger partial charge in [0, 0.05) is 12.5 Å². The van der Waals surface area contributed by atoms with Crippen LogP contribution in [-0.4, -0.2) is 40.1 Å². The van der Waals surface area contributed by atoms with E-state index in [9.17, 15) is 27.6 Å². The third kappa shape index (κ3) is 6.43. The van der Waals surface area contributed by atoms with E-state index in [-0.39, 0.29) is 47.4 Å². The average molecular weight is 617 g/mol. The first-order valence-electron chi connectivity index (χ1n) is 13.8. The van der Waals surface area contributed by atoms with E-state index >= 15 is 0 Å². The van der Waals surface area contributed by atoms with Crippen LogP contribution in [0.3, 0.4) is 0 Å². The first-order valence-corrected chi connectivity index (χ1v) is 14.6. The quantitative estimate of drug-likeness (QED) is 0.234. The van der Waals surface area contributed by atoms with Crippen molar-refractivity contribution in [3.63, 3.8) is 0 Å². The van der Waals surface area contributed by atoms with Crippen molar-refractivity contribution in [2.75, 3.05) is 6.61 Å². The summed E-state index contributed by atoms with van der Waals surface area (Å²) in [6.45, 7) is 5.59. The zero-order valence-electron chi connectivity index (χ0n) is 23.2. The number of ether oxygens (including phenoxy) is 1. The highest BCUT2D eigenvalue weighted by Gasteiger charge is 2.46. The molecule has 0 spiro atoms. The first-order chi connectivity index (χ1) is 19.2. The van der Waals surface area contributed by atoms with Crippen LogP contribution >= 0.6 is 23.2 Å². The van der Waals surface area contributed by atoms with E-state index in [1.54, 1.807) is 19.9 Å². The zero-order chi connectivity index (χ0) is 30.2. The number of Topliss-reactive ketones (excluding diaryl/α,β-unsaturated/α-hetero) is 1. The van der Waals surface area contributed by atoms with Crippen LogP contribution in [-0.2, 0) is 15.7 Å². The van der Waals surface area contributed by atoms with Crippen LogP contribution in [0.1, 0.15) is 105 Å². The van der Waals surface area contributed by atoms with Gasteiger partial charge in [0.25, 0.3) is 5.91 Å². The number of esters is 1. The summed E-state index contributed by atoms with van der Waals surface area (Å²) in [5.74, 6) is -1.72. The molecule has 4 rings (SSSR count). The molecule has 1 aromatic carbocycles. The standard InChI is InChI=1S/C29H34Cl2F3N3O4/c1-4-41-26(40)28(3)13-9-17(10-14-28)37-24(29(32,33)34)18(16-35-37)25(39)36-22(27(2)11-6-12-27)15-21(38)23-19(30)7-5-8-20(23)31/h5,7-8,16-17,22H,4,6,9-15H2,1-3H3,(H,36,39). The number of ketones is 1. The van der Waals surface area contributed by atoms with Crippen LogP contribution in [0, 0.1) is 10.8 Å². The molecular weight excluding hydrogens is 582 g/mol. The van der Waals surface area contributed by atoms with Gasteiger partial charge in [-0.3, -0.25) is 19.1 Å². The molecule has 2 fully saturated rings. The molecule has 1 aromatic heterocycles. The van der Waals surface area contributed by atoms with Crippen molar-refractivity contribution in [1.82, 2.24) is 15.1 Å². The Labute approximate surface area is 247 Å². The van der Waals surface area contributed by atoms with Gasteiger partial charge in [-0.1, -0.05) is 42.6 Å². The van der Waals surface area contributed by atoms with Gasteiger partial charge < -0.3 is 10.1 Å². The number of carbonyl (C=O) groups excluding carboxylic acids is 3. The summed E-state index contributed by atoms with van der Waals surface area (Å²) in [7, 11) is 0. The molecule has 2 aliphatic carbocycles. The van der Waals surface area contributed by atoms with Gasteiger partial charge in [0.1, 0.15) is 0 Å². The van der Waals surface area contributed by atoms with Gasteiger partial charge in [0.2, 0.25) is 0 Å². The minimum atomic E-state index is -4.86. The van der Waals surface area contributed by atoms with Crippen molar-refractivity contribution in [3.05, 3.63) is 51.3 Å². The number of halogens is 5. The van der Waals surface area contributed by atoms with Crippen LogP contribution in [0.2, 0.25) is 10.0 Å². The fourth-order valence-corrected chi connectivity index (χ4v) is 6.53. The molecule has 1 heterocycles. The maximum absolute atomic E-state index is 14.4. The van der Waals surface area contributed by atoms with Crippen molar-refractivity contribution >= 4 is 40.9 Å². The molecule has 2 saturated carbocycles. The first kappa shape index (κ1) is 31.3. The van der Waals surface area contributed by atoms with Crippen molar-refractivity contribution in [1.29, 1.82) is 0 Å². The largest absolute Gasteiger partial charge is 0.466 e. The number of benzene rings is 1. The number of nitrogens with zero attached hydrogens (tertiary/aromatic N) is 2. The topological polar surface area (TPSA) is 90.3 Å². The smallest absolute Gasteiger partial charge is 0.433 e. The molecule has 0 aliphatic heterocycles. The van der Waals surface area contributed by atoms with Gasteiger partial charge in [-0.05, 0) is 69.9 Å². The predicted octanol–water partition coefficient (Wildman–Crippen LogP) is 7.45. The summed E-state index contributed by atoms with van der Waals surface area (Å²) in [6.07, 6.45) is -0.596. The SMILES string of the molecule is CCOC(=O)C1(C)CCC(n2ncc(C(=O)NC(CC(=O)c3c(Cl)cccc3Cl)C3(C)CCC3)c2C(F)(F)F)CC1. The van der Waals surface area contributed by atoms with E-state index in [1.807, 2.05) is 6.92 Å². The lowest BCUT2D eigenvalue weighted by Gasteiger charge is -2.45. The average Bonchev–Trinajstić information content (AvgIpc) is 3.33. The Hall–Kier alpha value is -2.59. The fourth-order valence-electron chi connectivity index (χ4n) is 5.92. The summed E-state index contributed by atoms with van der Waals surface area (Å²) in [5.41, 5.74) is -2.88. The van der Waals surface area contributed by atoms with Gasteiger partial charge in [0.15, 0.2) is 11.5 Å². The Balaban J connectivity index is 1.58. The summed E-state index contributed by atoms with van der Waals surface area (Å²) in [6, 6.07) is 3.29. The van der Waals surface area contributed by atoms with Crippen LogP contribution < -0.4 is 5.32 Å². The Morgan fingerprint density at radius 2 is 1.73 bits per heavy atom. The van der Waals surface area contributed by atoms with E-state index in [0.717, 1.165) is 17.3 Å². The molecular formula is C29H34Cl2F3N3O4. The number of hydrogen-bond donors (Lipinski definition) is 1. The molecule has 41 heavy (non-hydrogen) atoms. The molecule has 12 heteroatoms. The molecule has 2 aliphatic rings. The maximum atomic E-state index is 14.4. The fraction of sp³-hybridized carbons (Fsp3) is 0.586. The van der Waals surface area contributed by atoms with E-state index in [0.29, 0.717) is 25.7 Å². The molecule has 1 atom stereocenters. The normalized spacial score (nSPS) is 22.9. The highest BCUT2D eigenvalue weighted by Crippen LogP contribution is 2.46. The minimum absolute atomic E-state index is 0.119. The minimum Gasteiger partial charge on any atom is -0.466 e. The zero-order valence-corrected chi connectivity index (χ0v) is 24.8. The monoisotopic (exact) mass is 615 g/mol. The van der Waals surface area contributed by atoms with E-state index < -0.39 is 52.0 Å². The number of rotatable bonds is 9. The summed E-state index contributed by atoms with van der Waals surface area (Å²) in [4.78, 5) is 39.0. The number of amides is 1. The second-order valence-electron chi connectivity index (χ2n) is 11.6. The third-order valence-electron chi connectivity index (χ3n) is 8.75. The Morgan fingerprint density at radius 3 is 2.24 bits per heavy atom. The molecule has 1 unspecified atom stereocenters. The van der Waals surface area contributed by atoms with Crippen LogP contribution in [0.15, 0.2) is 24.4 Å². The number of nitrogens with one attached hydrogen (secondary N) is 1. The molecule has 0 bridgehead atoms. The molecule has 2 aromatic rings. The van der Waals surface area contributed by atoms with E-state index in [2.05, 4.69) is 10.4 Å². The van der Waals surface area contributed by atoms with Crippen LogP contribution in [0.25, 0.3) is 0 Å². The van der Waals surface area contributed by atoms with Gasteiger partial charge in [-0.25, -0.2) is 0 Å². The molecule has 1 N–H and O–H groups in total. The second kappa shape index (κ2) is 12.0.